The first kappa shape index (κ1) is 10.8. The molecule has 0 aliphatic heterocycles. The maximum absolute atomic E-state index is 2.46. The van der Waals surface area contributed by atoms with Crippen LogP contribution in [0.3, 0.4) is 0 Å². The van der Waals surface area contributed by atoms with Gasteiger partial charge in [0.1, 0.15) is 0 Å². The Labute approximate surface area is 94.2 Å². The number of benzene rings is 1. The summed E-state index contributed by atoms with van der Waals surface area (Å²) in [6, 6.07) is 10.4. The van der Waals surface area contributed by atoms with Gasteiger partial charge in [-0.2, -0.15) is 0 Å². The van der Waals surface area contributed by atoms with Crippen LogP contribution in [0.1, 0.15) is 25.3 Å². The van der Waals surface area contributed by atoms with Gasteiger partial charge in [-0.1, -0.05) is 72.0 Å². The summed E-state index contributed by atoms with van der Waals surface area (Å²) in [5, 5.41) is 0. The van der Waals surface area contributed by atoms with Crippen molar-refractivity contribution in [2.45, 2.75) is 23.7 Å². The third kappa shape index (κ3) is 5.09. The summed E-state index contributed by atoms with van der Waals surface area (Å²) in [7, 11) is 0. The van der Waals surface area contributed by atoms with Gasteiger partial charge >= 0.3 is 0 Å². The van der Waals surface area contributed by atoms with Crippen molar-refractivity contribution in [2.24, 2.45) is 0 Å². The zero-order valence-corrected chi connectivity index (χ0v) is 10.1. The molecule has 0 amide bonds. The highest BCUT2D eigenvalue weighted by atomic mass is 127. The number of hydrogen-bond acceptors (Lipinski definition) is 0. The molecule has 0 aliphatic carbocycles. The highest BCUT2D eigenvalue weighted by molar-refractivity contribution is 14.1. The van der Waals surface area contributed by atoms with Gasteiger partial charge in [0, 0.05) is 3.92 Å². The topological polar surface area (TPSA) is 0 Å². The van der Waals surface area contributed by atoms with E-state index in [1.165, 1.54) is 18.4 Å². The second-order valence-electron chi connectivity index (χ2n) is 3.17. The van der Waals surface area contributed by atoms with Gasteiger partial charge in [-0.05, 0) is 18.4 Å². The molecule has 0 bridgehead atoms. The molecule has 0 heterocycles. The first-order chi connectivity index (χ1) is 6.29. The van der Waals surface area contributed by atoms with Crippen LogP contribution in [0.15, 0.2) is 36.4 Å². The average molecular weight is 286 g/mol. The van der Waals surface area contributed by atoms with Crippen molar-refractivity contribution in [3.63, 3.8) is 0 Å². The molecule has 1 atom stereocenters. The lowest BCUT2D eigenvalue weighted by Gasteiger charge is -1.97. The van der Waals surface area contributed by atoms with Gasteiger partial charge in [0.25, 0.3) is 0 Å². The van der Waals surface area contributed by atoms with E-state index in [2.05, 4.69) is 65.9 Å². The van der Waals surface area contributed by atoms with E-state index >= 15 is 0 Å². The molecule has 1 aromatic rings. The van der Waals surface area contributed by atoms with Crippen LogP contribution >= 0.6 is 22.6 Å². The molecule has 0 radical (unpaired) electrons. The van der Waals surface area contributed by atoms with E-state index in [1.807, 2.05) is 6.07 Å². The van der Waals surface area contributed by atoms with Crippen LogP contribution < -0.4 is 0 Å². The summed E-state index contributed by atoms with van der Waals surface area (Å²) < 4.78 is 0.776. The maximum Gasteiger partial charge on any atom is 0.00842 e. The van der Waals surface area contributed by atoms with Crippen LogP contribution in [0.4, 0.5) is 0 Å². The van der Waals surface area contributed by atoms with Crippen LogP contribution in [0.25, 0.3) is 6.08 Å². The standard InChI is InChI=1S/C12H15I/c1-11(13)7-5-6-10-12-8-3-2-4-9-12/h2-4,6,8-11H,5,7H2,1H3. The summed E-state index contributed by atoms with van der Waals surface area (Å²) in [5.41, 5.74) is 1.30. The fourth-order valence-corrected chi connectivity index (χ4v) is 1.47. The monoisotopic (exact) mass is 286 g/mol. The smallest absolute Gasteiger partial charge is 0.00842 e. The molecular weight excluding hydrogens is 271 g/mol. The number of halogens is 1. The van der Waals surface area contributed by atoms with Gasteiger partial charge in [0.15, 0.2) is 0 Å². The molecule has 1 unspecified atom stereocenters. The molecule has 0 aliphatic rings. The third-order valence-corrected chi connectivity index (χ3v) is 2.46. The lowest BCUT2D eigenvalue weighted by atomic mass is 10.2. The molecule has 1 rings (SSSR count). The number of hydrogen-bond donors (Lipinski definition) is 0. The summed E-state index contributed by atoms with van der Waals surface area (Å²) >= 11 is 2.46. The van der Waals surface area contributed by atoms with Crippen molar-refractivity contribution in [3.8, 4) is 0 Å². The minimum Gasteiger partial charge on any atom is -0.0839 e. The summed E-state index contributed by atoms with van der Waals surface area (Å²) in [4.78, 5) is 0. The molecule has 0 aromatic heterocycles. The number of rotatable bonds is 4. The molecule has 0 spiro atoms. The molecule has 1 aromatic carbocycles. The molecular formula is C12H15I. The predicted octanol–water partition coefficient (Wildman–Crippen LogP) is 4.30. The fourth-order valence-electron chi connectivity index (χ4n) is 1.11. The lowest BCUT2D eigenvalue weighted by Crippen LogP contribution is -1.85. The van der Waals surface area contributed by atoms with Gasteiger partial charge in [-0.25, -0.2) is 0 Å². The van der Waals surface area contributed by atoms with Gasteiger partial charge < -0.3 is 0 Å². The summed E-state index contributed by atoms with van der Waals surface area (Å²) in [5.74, 6) is 0. The van der Waals surface area contributed by atoms with E-state index in [0.717, 1.165) is 3.92 Å². The zero-order chi connectivity index (χ0) is 9.52. The van der Waals surface area contributed by atoms with E-state index in [4.69, 9.17) is 0 Å². The maximum atomic E-state index is 2.46. The van der Waals surface area contributed by atoms with E-state index in [0.29, 0.717) is 0 Å². The Kier molecular flexibility index (Phi) is 5.13. The quantitative estimate of drug-likeness (QED) is 0.571. The molecule has 0 saturated carbocycles. The minimum absolute atomic E-state index is 0.776. The largest absolute Gasteiger partial charge is 0.0839 e. The van der Waals surface area contributed by atoms with Crippen molar-refractivity contribution in [1.29, 1.82) is 0 Å². The Hall–Kier alpha value is -0.310. The van der Waals surface area contributed by atoms with E-state index in [-0.39, 0.29) is 0 Å². The van der Waals surface area contributed by atoms with E-state index < -0.39 is 0 Å². The van der Waals surface area contributed by atoms with Crippen LogP contribution in [0, 0.1) is 0 Å². The number of alkyl halides is 1. The van der Waals surface area contributed by atoms with Gasteiger partial charge in [-0.15, -0.1) is 0 Å². The van der Waals surface area contributed by atoms with Crippen LogP contribution in [0.2, 0.25) is 0 Å². The summed E-state index contributed by atoms with van der Waals surface area (Å²) in [6.07, 6.45) is 6.90. The zero-order valence-electron chi connectivity index (χ0n) is 7.91. The Morgan fingerprint density at radius 1 is 1.31 bits per heavy atom. The second-order valence-corrected chi connectivity index (χ2v) is 5.30. The molecule has 0 fully saturated rings. The highest BCUT2D eigenvalue weighted by Crippen LogP contribution is 2.09. The second kappa shape index (κ2) is 6.19. The third-order valence-electron chi connectivity index (χ3n) is 1.84. The van der Waals surface area contributed by atoms with Crippen LogP contribution in [0.5, 0.6) is 0 Å². The first-order valence-electron chi connectivity index (χ1n) is 4.64. The van der Waals surface area contributed by atoms with Crippen molar-refractivity contribution >= 4 is 28.7 Å². The molecule has 13 heavy (non-hydrogen) atoms. The van der Waals surface area contributed by atoms with Crippen molar-refractivity contribution in [2.75, 3.05) is 0 Å². The molecule has 70 valence electrons. The Balaban J connectivity index is 2.33. The minimum atomic E-state index is 0.776. The lowest BCUT2D eigenvalue weighted by molar-refractivity contribution is 0.859. The van der Waals surface area contributed by atoms with E-state index in [9.17, 15) is 0 Å². The van der Waals surface area contributed by atoms with Crippen LogP contribution in [-0.4, -0.2) is 3.92 Å². The van der Waals surface area contributed by atoms with Crippen molar-refractivity contribution in [3.05, 3.63) is 42.0 Å². The molecule has 0 N–H and O–H groups in total. The fraction of sp³-hybridized carbons (Fsp3) is 0.333. The molecule has 0 nitrogen and oxygen atoms in total. The first-order valence-corrected chi connectivity index (χ1v) is 5.89. The van der Waals surface area contributed by atoms with E-state index in [1.54, 1.807) is 0 Å². The van der Waals surface area contributed by atoms with Gasteiger partial charge in [0.05, 0.1) is 0 Å². The number of allylic oxidation sites excluding steroid dienone is 1. The average Bonchev–Trinajstić information content (AvgIpc) is 2.14. The molecule has 1 heteroatoms. The normalized spacial score (nSPS) is 13.4. The highest BCUT2D eigenvalue weighted by Gasteiger charge is 1.91. The SMILES string of the molecule is CC(I)CCC=Cc1ccccc1. The predicted molar refractivity (Wildman–Crippen MR) is 68.2 cm³/mol. The Morgan fingerprint density at radius 2 is 2.00 bits per heavy atom. The van der Waals surface area contributed by atoms with Gasteiger partial charge in [0.2, 0.25) is 0 Å². The van der Waals surface area contributed by atoms with Crippen molar-refractivity contribution < 1.29 is 0 Å². The molecule has 0 saturated heterocycles. The summed E-state index contributed by atoms with van der Waals surface area (Å²) in [6.45, 7) is 2.25. The van der Waals surface area contributed by atoms with Crippen LogP contribution in [-0.2, 0) is 0 Å². The Morgan fingerprint density at radius 3 is 2.62 bits per heavy atom. The van der Waals surface area contributed by atoms with Gasteiger partial charge in [-0.3, -0.25) is 0 Å². The Bertz CT molecular complexity index is 249. The van der Waals surface area contributed by atoms with Crippen molar-refractivity contribution in [1.82, 2.24) is 0 Å².